The monoisotopic (exact) mass is 386 g/mol. The summed E-state index contributed by atoms with van der Waals surface area (Å²) >= 11 is 0. The van der Waals surface area contributed by atoms with Crippen molar-refractivity contribution < 1.29 is 0 Å². The Bertz CT molecular complexity index is 1160. The zero-order valence-electron chi connectivity index (χ0n) is 16.0. The third kappa shape index (κ3) is 3.64. The highest BCUT2D eigenvalue weighted by molar-refractivity contribution is 5.56. The molecule has 2 aromatic carbocycles. The summed E-state index contributed by atoms with van der Waals surface area (Å²) in [7, 11) is 0. The maximum Gasteiger partial charge on any atom is 0.274 e. The highest BCUT2D eigenvalue weighted by atomic mass is 16.1. The van der Waals surface area contributed by atoms with Crippen LogP contribution in [0.4, 0.5) is 5.69 Å². The van der Waals surface area contributed by atoms with Crippen molar-refractivity contribution in [3.8, 4) is 11.4 Å². The lowest BCUT2D eigenvalue weighted by Crippen LogP contribution is -2.46. The number of benzene rings is 2. The molecular formula is C22H22N6O. The fourth-order valence-electron chi connectivity index (χ4n) is 3.77. The summed E-state index contributed by atoms with van der Waals surface area (Å²) in [6, 6.07) is 21.8. The number of aromatic amines is 1. The van der Waals surface area contributed by atoms with Gasteiger partial charge in [-0.05, 0) is 12.1 Å². The average molecular weight is 386 g/mol. The number of nitrogens with zero attached hydrogens (tertiary/aromatic N) is 5. The number of anilines is 1. The summed E-state index contributed by atoms with van der Waals surface area (Å²) in [4.78, 5) is 26.4. The Hall–Kier alpha value is -3.45. The fourth-order valence-corrected chi connectivity index (χ4v) is 3.77. The molecule has 1 fully saturated rings. The number of para-hydroxylation sites is 1. The standard InChI is InChI=1S/C22H22N6O/c29-20-15-18(16-26-11-13-27(14-12-26)19-9-5-2-6-10-19)23-22-24-21(25-28(20)22)17-7-3-1-4-8-17/h1-10,15H,11-14,16H2,(H,23,24,25). The molecule has 0 amide bonds. The molecule has 4 aromatic rings. The fraction of sp³-hybridized carbons (Fsp3) is 0.227. The van der Waals surface area contributed by atoms with Crippen molar-refractivity contribution in [1.82, 2.24) is 24.5 Å². The van der Waals surface area contributed by atoms with E-state index in [1.165, 1.54) is 10.2 Å². The van der Waals surface area contributed by atoms with Gasteiger partial charge in [0.1, 0.15) is 0 Å². The van der Waals surface area contributed by atoms with E-state index in [0.29, 0.717) is 18.1 Å². The van der Waals surface area contributed by atoms with E-state index < -0.39 is 0 Å². The Morgan fingerprint density at radius 3 is 2.28 bits per heavy atom. The zero-order valence-corrected chi connectivity index (χ0v) is 16.0. The van der Waals surface area contributed by atoms with Crippen molar-refractivity contribution >= 4 is 11.5 Å². The van der Waals surface area contributed by atoms with Crippen LogP contribution < -0.4 is 10.5 Å². The first-order valence-electron chi connectivity index (χ1n) is 9.83. The first kappa shape index (κ1) is 17.6. The van der Waals surface area contributed by atoms with Gasteiger partial charge in [-0.1, -0.05) is 48.5 Å². The van der Waals surface area contributed by atoms with Gasteiger partial charge in [0.15, 0.2) is 5.82 Å². The minimum atomic E-state index is -0.136. The minimum Gasteiger partial charge on any atom is -0.369 e. The second-order valence-electron chi connectivity index (χ2n) is 7.26. The highest BCUT2D eigenvalue weighted by Crippen LogP contribution is 2.17. The van der Waals surface area contributed by atoms with Gasteiger partial charge in [0.2, 0.25) is 0 Å². The molecular weight excluding hydrogens is 364 g/mol. The highest BCUT2D eigenvalue weighted by Gasteiger charge is 2.18. The normalized spacial score (nSPS) is 15.1. The van der Waals surface area contributed by atoms with Crippen LogP contribution in [0.1, 0.15) is 5.69 Å². The molecule has 29 heavy (non-hydrogen) atoms. The summed E-state index contributed by atoms with van der Waals surface area (Å²) in [6.07, 6.45) is 0. The Morgan fingerprint density at radius 2 is 1.55 bits per heavy atom. The number of aromatic nitrogens is 4. The number of hydrogen-bond donors (Lipinski definition) is 1. The van der Waals surface area contributed by atoms with E-state index in [-0.39, 0.29) is 5.56 Å². The first-order valence-corrected chi connectivity index (χ1v) is 9.83. The van der Waals surface area contributed by atoms with Gasteiger partial charge < -0.3 is 4.90 Å². The Morgan fingerprint density at radius 1 is 0.862 bits per heavy atom. The van der Waals surface area contributed by atoms with Crippen LogP contribution in [0.2, 0.25) is 0 Å². The second kappa shape index (κ2) is 7.52. The van der Waals surface area contributed by atoms with Gasteiger partial charge in [-0.25, -0.2) is 4.98 Å². The SMILES string of the molecule is O=c1cc(CN2CCN(c3ccccc3)CC2)nc2nc(-c3ccccc3)[nH]n12. The van der Waals surface area contributed by atoms with Crippen LogP contribution in [0.15, 0.2) is 71.5 Å². The van der Waals surface area contributed by atoms with Crippen molar-refractivity contribution in [3.05, 3.63) is 82.8 Å². The number of rotatable bonds is 4. The lowest BCUT2D eigenvalue weighted by atomic mass is 10.2. The van der Waals surface area contributed by atoms with Crippen LogP contribution in [-0.4, -0.2) is 50.7 Å². The van der Waals surface area contributed by atoms with E-state index >= 15 is 0 Å². The van der Waals surface area contributed by atoms with E-state index in [1.807, 2.05) is 36.4 Å². The van der Waals surface area contributed by atoms with Gasteiger partial charge in [0.25, 0.3) is 11.3 Å². The molecule has 5 rings (SSSR count). The predicted molar refractivity (Wildman–Crippen MR) is 113 cm³/mol. The van der Waals surface area contributed by atoms with Gasteiger partial charge in [-0.15, -0.1) is 0 Å². The summed E-state index contributed by atoms with van der Waals surface area (Å²) < 4.78 is 1.40. The zero-order chi connectivity index (χ0) is 19.6. The van der Waals surface area contributed by atoms with Crippen LogP contribution in [-0.2, 0) is 6.54 Å². The average Bonchev–Trinajstić information content (AvgIpc) is 3.20. The lowest BCUT2D eigenvalue weighted by Gasteiger charge is -2.35. The largest absolute Gasteiger partial charge is 0.369 e. The molecule has 0 radical (unpaired) electrons. The van der Waals surface area contributed by atoms with Gasteiger partial charge in [-0.2, -0.15) is 9.50 Å². The molecule has 1 aliphatic rings. The van der Waals surface area contributed by atoms with Crippen LogP contribution >= 0.6 is 0 Å². The second-order valence-corrected chi connectivity index (χ2v) is 7.26. The van der Waals surface area contributed by atoms with E-state index in [4.69, 9.17) is 0 Å². The summed E-state index contributed by atoms with van der Waals surface area (Å²) in [5.74, 6) is 1.05. The van der Waals surface area contributed by atoms with Crippen molar-refractivity contribution in [1.29, 1.82) is 0 Å². The van der Waals surface area contributed by atoms with Gasteiger partial charge in [0, 0.05) is 50.0 Å². The summed E-state index contributed by atoms with van der Waals surface area (Å²) in [6.45, 7) is 4.46. The number of H-pyrrole nitrogens is 1. The van der Waals surface area contributed by atoms with Gasteiger partial charge >= 0.3 is 0 Å². The molecule has 146 valence electrons. The van der Waals surface area contributed by atoms with E-state index in [0.717, 1.165) is 37.4 Å². The molecule has 0 aliphatic carbocycles. The molecule has 0 unspecified atom stereocenters. The molecule has 7 heteroatoms. The quantitative estimate of drug-likeness (QED) is 0.583. The molecule has 3 heterocycles. The topological polar surface area (TPSA) is 69.5 Å². The van der Waals surface area contributed by atoms with Gasteiger partial charge in [0.05, 0.1) is 5.69 Å². The molecule has 1 N–H and O–H groups in total. The van der Waals surface area contributed by atoms with Crippen LogP contribution in [0.5, 0.6) is 0 Å². The summed E-state index contributed by atoms with van der Waals surface area (Å²) in [5, 5.41) is 3.05. The first-order chi connectivity index (χ1) is 14.3. The van der Waals surface area contributed by atoms with Crippen molar-refractivity contribution in [2.75, 3.05) is 31.1 Å². The minimum absolute atomic E-state index is 0.136. The molecule has 0 spiro atoms. The Labute approximate surface area is 168 Å². The molecule has 1 saturated heterocycles. The van der Waals surface area contributed by atoms with E-state index in [2.05, 4.69) is 49.1 Å². The molecule has 2 aromatic heterocycles. The van der Waals surface area contributed by atoms with Crippen molar-refractivity contribution in [2.45, 2.75) is 6.54 Å². The number of hydrogen-bond acceptors (Lipinski definition) is 5. The van der Waals surface area contributed by atoms with Crippen LogP contribution in [0.25, 0.3) is 17.2 Å². The molecule has 7 nitrogen and oxygen atoms in total. The van der Waals surface area contributed by atoms with E-state index in [9.17, 15) is 4.79 Å². The van der Waals surface area contributed by atoms with Crippen molar-refractivity contribution in [3.63, 3.8) is 0 Å². The van der Waals surface area contributed by atoms with Crippen LogP contribution in [0, 0.1) is 0 Å². The Balaban J connectivity index is 1.32. The summed E-state index contributed by atoms with van der Waals surface area (Å²) in [5.41, 5.74) is 2.81. The van der Waals surface area contributed by atoms with E-state index in [1.54, 1.807) is 6.07 Å². The molecule has 1 aliphatic heterocycles. The maximum atomic E-state index is 12.5. The van der Waals surface area contributed by atoms with Crippen LogP contribution in [0.3, 0.4) is 0 Å². The van der Waals surface area contributed by atoms with Crippen molar-refractivity contribution in [2.24, 2.45) is 0 Å². The smallest absolute Gasteiger partial charge is 0.274 e. The molecule has 0 atom stereocenters. The van der Waals surface area contributed by atoms with Gasteiger partial charge in [-0.3, -0.25) is 14.8 Å². The molecule has 0 saturated carbocycles. The third-order valence-corrected chi connectivity index (χ3v) is 5.31. The number of fused-ring (bicyclic) bond motifs is 1. The maximum absolute atomic E-state index is 12.5. The predicted octanol–water partition coefficient (Wildman–Crippen LogP) is 2.41. The molecule has 0 bridgehead atoms. The number of piperazine rings is 1. The number of nitrogens with one attached hydrogen (secondary N) is 1. The third-order valence-electron chi connectivity index (χ3n) is 5.31. The lowest BCUT2D eigenvalue weighted by molar-refractivity contribution is 0.247. The Kier molecular flexibility index (Phi) is 4.57.